The highest BCUT2D eigenvalue weighted by Gasteiger charge is 2.06. The van der Waals surface area contributed by atoms with Gasteiger partial charge in [-0.15, -0.1) is 0 Å². The van der Waals surface area contributed by atoms with Gasteiger partial charge in [-0.2, -0.15) is 0 Å². The van der Waals surface area contributed by atoms with Gasteiger partial charge in [0, 0.05) is 20.3 Å². The van der Waals surface area contributed by atoms with Gasteiger partial charge in [0.1, 0.15) is 0 Å². The zero-order valence-electron chi connectivity index (χ0n) is 14.7. The molecular weight excluding hydrogens is 316 g/mol. The summed E-state index contributed by atoms with van der Waals surface area (Å²) in [5.41, 5.74) is 1.28. The Morgan fingerprint density at radius 1 is 0.792 bits per heavy atom. The summed E-state index contributed by atoms with van der Waals surface area (Å²) in [4.78, 5) is 0. The van der Waals surface area contributed by atoms with Crippen LogP contribution in [0.15, 0.2) is 54.6 Å². The van der Waals surface area contributed by atoms with Crippen molar-refractivity contribution >= 4 is 31.6 Å². The van der Waals surface area contributed by atoms with Gasteiger partial charge < -0.3 is 13.6 Å². The molecule has 0 aliphatic rings. The van der Waals surface area contributed by atoms with Crippen LogP contribution < -0.4 is 0 Å². The van der Waals surface area contributed by atoms with Crippen molar-refractivity contribution in [3.05, 3.63) is 60.2 Å². The van der Waals surface area contributed by atoms with E-state index in [4.69, 9.17) is 13.6 Å². The van der Waals surface area contributed by atoms with Crippen LogP contribution in [-0.4, -0.2) is 30.3 Å². The van der Waals surface area contributed by atoms with Crippen LogP contribution in [0.1, 0.15) is 19.4 Å². The van der Waals surface area contributed by atoms with E-state index in [-0.39, 0.29) is 0 Å². The van der Waals surface area contributed by atoms with Crippen molar-refractivity contribution in [1.82, 2.24) is 0 Å². The average Bonchev–Trinajstić information content (AvgIpc) is 2.63. The lowest BCUT2D eigenvalue weighted by Crippen LogP contribution is -2.02. The minimum atomic E-state index is -0.589. The number of methoxy groups -OCH3 is 1. The number of benzene rings is 3. The van der Waals surface area contributed by atoms with Gasteiger partial charge in [0.15, 0.2) is 0 Å². The molecule has 0 aromatic heterocycles. The van der Waals surface area contributed by atoms with Gasteiger partial charge in [-0.05, 0) is 47.0 Å². The lowest BCUT2D eigenvalue weighted by Gasteiger charge is -2.10. The summed E-state index contributed by atoms with van der Waals surface area (Å²) in [7, 11) is 1.16. The molecule has 0 saturated carbocycles. The first-order chi connectivity index (χ1) is 11.8. The molecule has 0 unspecified atom stereocenters. The van der Waals surface area contributed by atoms with E-state index in [1.807, 2.05) is 13.8 Å². The maximum absolute atomic E-state index is 5.34. The molecule has 0 aliphatic heterocycles. The Balaban J connectivity index is 0.000000256. The van der Waals surface area contributed by atoms with Gasteiger partial charge in [-0.25, -0.2) is 0 Å². The van der Waals surface area contributed by atoms with Crippen LogP contribution in [0.2, 0.25) is 0 Å². The van der Waals surface area contributed by atoms with Crippen molar-refractivity contribution in [1.29, 1.82) is 0 Å². The second-order valence-corrected chi connectivity index (χ2v) is 6.39. The van der Waals surface area contributed by atoms with E-state index in [0.29, 0.717) is 6.61 Å². The quantitative estimate of drug-likeness (QED) is 0.382. The fourth-order valence-corrected chi connectivity index (χ4v) is 3.08. The van der Waals surface area contributed by atoms with E-state index in [9.17, 15) is 0 Å². The third-order valence-corrected chi connectivity index (χ3v) is 4.90. The first kappa shape index (κ1) is 18.6. The average molecular weight is 343 g/mol. The molecule has 0 amide bonds. The second-order valence-electron chi connectivity index (χ2n) is 5.33. The van der Waals surface area contributed by atoms with Gasteiger partial charge in [-0.3, -0.25) is 0 Å². The molecule has 3 aromatic carbocycles. The molecule has 4 heteroatoms. The second kappa shape index (κ2) is 10.2. The Hall–Kier alpha value is -1.72. The Morgan fingerprint density at radius 3 is 1.75 bits per heavy atom. The highest BCUT2D eigenvalue weighted by Crippen LogP contribution is 2.28. The van der Waals surface area contributed by atoms with E-state index in [2.05, 4.69) is 54.6 Å². The summed E-state index contributed by atoms with van der Waals surface area (Å²) in [6, 6.07) is 19.2. The Labute approximate surface area is 146 Å². The molecule has 128 valence electrons. The van der Waals surface area contributed by atoms with Gasteiger partial charge >= 0.3 is 10.0 Å². The van der Waals surface area contributed by atoms with Crippen LogP contribution in [0.5, 0.6) is 0 Å². The van der Waals surface area contributed by atoms with Crippen molar-refractivity contribution in [2.75, 3.05) is 20.3 Å². The van der Waals surface area contributed by atoms with Crippen LogP contribution in [-0.2, 0) is 20.2 Å². The maximum atomic E-state index is 5.34. The van der Waals surface area contributed by atoms with Gasteiger partial charge in [0.05, 0.1) is 6.61 Å². The predicted molar refractivity (Wildman–Crippen MR) is 104 cm³/mol. The van der Waals surface area contributed by atoms with Crippen LogP contribution in [0.3, 0.4) is 0 Å². The number of hydrogen-bond acceptors (Lipinski definition) is 3. The predicted octanol–water partition coefficient (Wildman–Crippen LogP) is 4.20. The topological polar surface area (TPSA) is 27.7 Å². The van der Waals surface area contributed by atoms with E-state index in [1.165, 1.54) is 27.1 Å². The zero-order valence-corrected chi connectivity index (χ0v) is 16.2. The van der Waals surface area contributed by atoms with Crippen molar-refractivity contribution < 1.29 is 13.6 Å². The monoisotopic (exact) mass is 342 g/mol. The molecule has 0 bridgehead atoms. The number of fused-ring (bicyclic) bond motifs is 2. The van der Waals surface area contributed by atoms with Crippen LogP contribution >= 0.6 is 0 Å². The normalized spacial score (nSPS) is 10.6. The van der Waals surface area contributed by atoms with E-state index in [0.717, 1.165) is 13.2 Å². The van der Waals surface area contributed by atoms with Crippen molar-refractivity contribution in [3.8, 4) is 0 Å². The molecule has 3 rings (SSSR count). The first-order valence-corrected chi connectivity index (χ1v) is 9.51. The lowest BCUT2D eigenvalue weighted by atomic mass is 9.97. The SMILES string of the molecule is CCO[SiH2]OCC.COCc1c2ccccc2cc2ccccc12. The van der Waals surface area contributed by atoms with E-state index < -0.39 is 10.0 Å². The summed E-state index contributed by atoms with van der Waals surface area (Å²) in [6.45, 7) is 6.21. The first-order valence-electron chi connectivity index (χ1n) is 8.35. The Bertz CT molecular complexity index is 700. The minimum Gasteiger partial charge on any atom is -0.399 e. The third kappa shape index (κ3) is 4.88. The fourth-order valence-electron chi connectivity index (χ4n) is 2.63. The molecule has 0 atom stereocenters. The summed E-state index contributed by atoms with van der Waals surface area (Å²) < 4.78 is 15.3. The largest absolute Gasteiger partial charge is 0.399 e. The molecule has 0 fully saturated rings. The van der Waals surface area contributed by atoms with E-state index in [1.54, 1.807) is 7.11 Å². The molecule has 0 saturated heterocycles. The third-order valence-electron chi connectivity index (χ3n) is 3.75. The van der Waals surface area contributed by atoms with Gasteiger partial charge in [0.2, 0.25) is 0 Å². The number of rotatable bonds is 6. The molecule has 24 heavy (non-hydrogen) atoms. The van der Waals surface area contributed by atoms with Crippen LogP contribution in [0.25, 0.3) is 21.5 Å². The van der Waals surface area contributed by atoms with Crippen molar-refractivity contribution in [3.63, 3.8) is 0 Å². The van der Waals surface area contributed by atoms with Crippen LogP contribution in [0.4, 0.5) is 0 Å². The highest BCUT2D eigenvalue weighted by atomic mass is 28.3. The molecule has 3 aromatic rings. The molecule has 0 spiro atoms. The Morgan fingerprint density at radius 2 is 1.29 bits per heavy atom. The standard InChI is InChI=1S/C16H14O.C4H12O2Si/c1-17-11-16-14-8-4-2-6-12(14)10-13-7-3-5-9-15(13)16;1-3-5-7-6-4-2/h2-10H,11H2,1H3;3-4,7H2,1-2H3. The zero-order chi connectivity index (χ0) is 17.2. The summed E-state index contributed by atoms with van der Waals surface area (Å²) in [5, 5.41) is 5.12. The molecular formula is C20H26O3Si. The number of hydrogen-bond donors (Lipinski definition) is 0. The van der Waals surface area contributed by atoms with Crippen LogP contribution in [0, 0.1) is 0 Å². The van der Waals surface area contributed by atoms with Gasteiger partial charge in [-0.1, -0.05) is 48.5 Å². The molecule has 3 nitrogen and oxygen atoms in total. The minimum absolute atomic E-state index is 0.589. The molecule has 0 heterocycles. The summed E-state index contributed by atoms with van der Waals surface area (Å²) >= 11 is 0. The van der Waals surface area contributed by atoms with E-state index >= 15 is 0 Å². The summed E-state index contributed by atoms with van der Waals surface area (Å²) in [5.74, 6) is 0. The smallest absolute Gasteiger partial charge is 0.304 e. The highest BCUT2D eigenvalue weighted by molar-refractivity contribution is 6.17. The van der Waals surface area contributed by atoms with Crippen molar-refractivity contribution in [2.45, 2.75) is 20.5 Å². The lowest BCUT2D eigenvalue weighted by molar-refractivity contribution is 0.187. The fraction of sp³-hybridized carbons (Fsp3) is 0.300. The molecule has 0 radical (unpaired) electrons. The Kier molecular flexibility index (Phi) is 7.92. The van der Waals surface area contributed by atoms with Crippen molar-refractivity contribution in [2.24, 2.45) is 0 Å². The summed E-state index contributed by atoms with van der Waals surface area (Å²) in [6.07, 6.45) is 0. The molecule has 0 aliphatic carbocycles. The number of ether oxygens (including phenoxy) is 1. The molecule has 0 N–H and O–H groups in total. The maximum Gasteiger partial charge on any atom is 0.304 e. The van der Waals surface area contributed by atoms with Gasteiger partial charge in [0.25, 0.3) is 0 Å².